The summed E-state index contributed by atoms with van der Waals surface area (Å²) < 4.78 is 18.3. The summed E-state index contributed by atoms with van der Waals surface area (Å²) in [5.74, 6) is -0.607. The Balaban J connectivity index is 2.58. The topological polar surface area (TPSA) is 82.3 Å². The second kappa shape index (κ2) is 7.34. The third-order valence-electron chi connectivity index (χ3n) is 2.34. The molecule has 1 aromatic rings. The SMILES string of the molecule is C[C@@H](O)c1cc(F)ccc1OCC(=O)NCCC#N. The average molecular weight is 266 g/mol. The number of ether oxygens (including phenoxy) is 1. The van der Waals surface area contributed by atoms with Gasteiger partial charge < -0.3 is 15.2 Å². The van der Waals surface area contributed by atoms with E-state index in [0.717, 1.165) is 6.07 Å². The van der Waals surface area contributed by atoms with E-state index in [-0.39, 0.29) is 36.8 Å². The van der Waals surface area contributed by atoms with Gasteiger partial charge in [0.1, 0.15) is 11.6 Å². The van der Waals surface area contributed by atoms with Gasteiger partial charge in [-0.05, 0) is 25.1 Å². The predicted octanol–water partition coefficient (Wildman–Crippen LogP) is 1.29. The van der Waals surface area contributed by atoms with Crippen molar-refractivity contribution in [1.82, 2.24) is 5.32 Å². The molecule has 0 bridgehead atoms. The molecule has 0 saturated carbocycles. The van der Waals surface area contributed by atoms with Crippen LogP contribution in [0.1, 0.15) is 25.0 Å². The fraction of sp³-hybridized carbons (Fsp3) is 0.385. The third kappa shape index (κ3) is 4.94. The minimum absolute atomic E-state index is 0.223. The highest BCUT2D eigenvalue weighted by atomic mass is 19.1. The van der Waals surface area contributed by atoms with Crippen LogP contribution in [0.2, 0.25) is 0 Å². The number of aliphatic hydroxyl groups excluding tert-OH is 1. The summed E-state index contributed by atoms with van der Waals surface area (Å²) in [5.41, 5.74) is 0.282. The number of nitrogens with zero attached hydrogens (tertiary/aromatic N) is 1. The lowest BCUT2D eigenvalue weighted by Gasteiger charge is -2.13. The highest BCUT2D eigenvalue weighted by molar-refractivity contribution is 5.77. The lowest BCUT2D eigenvalue weighted by molar-refractivity contribution is -0.123. The van der Waals surface area contributed by atoms with Crippen LogP contribution in [0.4, 0.5) is 4.39 Å². The Kier molecular flexibility index (Phi) is 5.76. The number of carbonyl (C=O) groups excluding carboxylic acids is 1. The highest BCUT2D eigenvalue weighted by Crippen LogP contribution is 2.25. The number of hydrogen-bond donors (Lipinski definition) is 2. The molecule has 1 rings (SSSR count). The summed E-state index contributed by atoms with van der Waals surface area (Å²) in [5, 5.41) is 20.3. The molecule has 0 unspecified atom stereocenters. The molecule has 5 nitrogen and oxygen atoms in total. The molecule has 0 aliphatic carbocycles. The molecule has 1 aromatic carbocycles. The molecule has 0 fully saturated rings. The van der Waals surface area contributed by atoms with Gasteiger partial charge in [-0.3, -0.25) is 4.79 Å². The Morgan fingerprint density at radius 1 is 1.63 bits per heavy atom. The Morgan fingerprint density at radius 3 is 3.00 bits per heavy atom. The van der Waals surface area contributed by atoms with Crippen LogP contribution in [-0.4, -0.2) is 24.2 Å². The maximum absolute atomic E-state index is 13.0. The van der Waals surface area contributed by atoms with Crippen molar-refractivity contribution >= 4 is 5.91 Å². The molecular weight excluding hydrogens is 251 g/mol. The van der Waals surface area contributed by atoms with E-state index in [0.29, 0.717) is 0 Å². The number of nitrogens with one attached hydrogen (secondary N) is 1. The minimum atomic E-state index is -0.896. The van der Waals surface area contributed by atoms with E-state index < -0.39 is 11.9 Å². The van der Waals surface area contributed by atoms with Crippen molar-refractivity contribution in [3.8, 4) is 11.8 Å². The van der Waals surface area contributed by atoms with Crippen molar-refractivity contribution in [1.29, 1.82) is 5.26 Å². The normalized spacial score (nSPS) is 11.5. The molecule has 0 radical (unpaired) electrons. The second-order valence-electron chi connectivity index (χ2n) is 3.90. The first-order chi connectivity index (χ1) is 9.04. The number of carbonyl (C=O) groups is 1. The molecule has 0 saturated heterocycles. The predicted molar refractivity (Wildman–Crippen MR) is 65.8 cm³/mol. The zero-order chi connectivity index (χ0) is 14.3. The zero-order valence-corrected chi connectivity index (χ0v) is 10.5. The van der Waals surface area contributed by atoms with Crippen molar-refractivity contribution in [2.24, 2.45) is 0 Å². The van der Waals surface area contributed by atoms with Crippen LogP contribution >= 0.6 is 0 Å². The van der Waals surface area contributed by atoms with E-state index in [9.17, 15) is 14.3 Å². The van der Waals surface area contributed by atoms with Gasteiger partial charge >= 0.3 is 0 Å². The van der Waals surface area contributed by atoms with Gasteiger partial charge in [-0.1, -0.05) is 0 Å². The molecule has 2 N–H and O–H groups in total. The Bertz CT molecular complexity index is 483. The van der Waals surface area contributed by atoms with Crippen LogP contribution < -0.4 is 10.1 Å². The summed E-state index contributed by atoms with van der Waals surface area (Å²) in [6.45, 7) is 1.48. The van der Waals surface area contributed by atoms with E-state index in [1.54, 1.807) is 0 Å². The van der Waals surface area contributed by atoms with Crippen molar-refractivity contribution in [2.45, 2.75) is 19.4 Å². The smallest absolute Gasteiger partial charge is 0.257 e. The van der Waals surface area contributed by atoms with Crippen molar-refractivity contribution in [3.05, 3.63) is 29.6 Å². The number of rotatable bonds is 6. The first-order valence-corrected chi connectivity index (χ1v) is 5.78. The van der Waals surface area contributed by atoms with Gasteiger partial charge in [0, 0.05) is 12.1 Å². The Labute approximate surface area is 110 Å². The van der Waals surface area contributed by atoms with E-state index >= 15 is 0 Å². The molecule has 1 amide bonds. The van der Waals surface area contributed by atoms with Crippen LogP contribution in [0, 0.1) is 17.1 Å². The second-order valence-corrected chi connectivity index (χ2v) is 3.90. The fourth-order valence-electron chi connectivity index (χ4n) is 1.43. The highest BCUT2D eigenvalue weighted by Gasteiger charge is 2.12. The van der Waals surface area contributed by atoms with Gasteiger partial charge in [-0.2, -0.15) is 5.26 Å². The third-order valence-corrected chi connectivity index (χ3v) is 2.34. The summed E-state index contributed by atoms with van der Waals surface area (Å²) in [6, 6.07) is 5.61. The van der Waals surface area contributed by atoms with Gasteiger partial charge in [0.25, 0.3) is 5.91 Å². The molecule has 0 heterocycles. The fourth-order valence-corrected chi connectivity index (χ4v) is 1.43. The van der Waals surface area contributed by atoms with E-state index in [2.05, 4.69) is 5.32 Å². The standard InChI is InChI=1S/C13H15FN2O3/c1-9(17)11-7-10(14)3-4-12(11)19-8-13(18)16-6-2-5-15/h3-4,7,9,17H,2,6,8H2,1H3,(H,16,18)/t9-/m1/s1. The van der Waals surface area contributed by atoms with Crippen LogP contribution in [-0.2, 0) is 4.79 Å². The minimum Gasteiger partial charge on any atom is -0.483 e. The molecule has 0 aromatic heterocycles. The molecule has 0 spiro atoms. The maximum Gasteiger partial charge on any atom is 0.257 e. The lowest BCUT2D eigenvalue weighted by atomic mass is 10.1. The molecule has 1 atom stereocenters. The summed E-state index contributed by atoms with van der Waals surface area (Å²) in [6.07, 6.45) is -0.673. The van der Waals surface area contributed by atoms with Gasteiger partial charge in [0.15, 0.2) is 6.61 Å². The Hall–Kier alpha value is -2.13. The number of aliphatic hydroxyl groups is 1. The number of amides is 1. The van der Waals surface area contributed by atoms with Crippen LogP contribution in [0.5, 0.6) is 5.75 Å². The van der Waals surface area contributed by atoms with Crippen LogP contribution in [0.3, 0.4) is 0 Å². The van der Waals surface area contributed by atoms with E-state index in [4.69, 9.17) is 10.00 Å². The number of benzene rings is 1. The van der Waals surface area contributed by atoms with Gasteiger partial charge in [-0.25, -0.2) is 4.39 Å². The average Bonchev–Trinajstić information content (AvgIpc) is 2.37. The zero-order valence-electron chi connectivity index (χ0n) is 10.5. The number of halogens is 1. The largest absolute Gasteiger partial charge is 0.483 e. The van der Waals surface area contributed by atoms with Gasteiger partial charge in [-0.15, -0.1) is 0 Å². The van der Waals surface area contributed by atoms with E-state index in [1.807, 2.05) is 6.07 Å². The van der Waals surface area contributed by atoms with Crippen molar-refractivity contribution < 1.29 is 19.0 Å². The maximum atomic E-state index is 13.0. The van der Waals surface area contributed by atoms with Crippen LogP contribution in [0.25, 0.3) is 0 Å². The van der Waals surface area contributed by atoms with Crippen LogP contribution in [0.15, 0.2) is 18.2 Å². The number of nitriles is 1. The first kappa shape index (κ1) is 14.9. The first-order valence-electron chi connectivity index (χ1n) is 5.78. The molecule has 19 heavy (non-hydrogen) atoms. The van der Waals surface area contributed by atoms with Crippen molar-refractivity contribution in [3.63, 3.8) is 0 Å². The quantitative estimate of drug-likeness (QED) is 0.760. The molecule has 102 valence electrons. The summed E-state index contributed by atoms with van der Waals surface area (Å²) in [7, 11) is 0. The van der Waals surface area contributed by atoms with Gasteiger partial charge in [0.2, 0.25) is 0 Å². The molecular formula is C13H15FN2O3. The van der Waals surface area contributed by atoms with Gasteiger partial charge in [0.05, 0.1) is 18.6 Å². The van der Waals surface area contributed by atoms with Crippen molar-refractivity contribution in [2.75, 3.05) is 13.2 Å². The molecule has 0 aliphatic rings. The van der Waals surface area contributed by atoms with E-state index in [1.165, 1.54) is 19.1 Å². The monoisotopic (exact) mass is 266 g/mol. The molecule has 0 aliphatic heterocycles. The lowest BCUT2D eigenvalue weighted by Crippen LogP contribution is -2.29. The Morgan fingerprint density at radius 2 is 2.37 bits per heavy atom. The number of hydrogen-bond acceptors (Lipinski definition) is 4. The summed E-state index contributed by atoms with van der Waals surface area (Å²) in [4.78, 5) is 11.4. The molecule has 6 heteroatoms. The summed E-state index contributed by atoms with van der Waals surface area (Å²) >= 11 is 0.